The van der Waals surface area contributed by atoms with Crippen molar-refractivity contribution in [2.24, 2.45) is 0 Å². The van der Waals surface area contributed by atoms with Crippen LogP contribution in [0.25, 0.3) is 11.5 Å². The van der Waals surface area contributed by atoms with E-state index in [1.54, 1.807) is 6.07 Å². The normalized spacial score (nSPS) is 10.8. The summed E-state index contributed by atoms with van der Waals surface area (Å²) in [6.07, 6.45) is 2.99. The van der Waals surface area contributed by atoms with Gasteiger partial charge >= 0.3 is 5.69 Å². The van der Waals surface area contributed by atoms with Gasteiger partial charge in [-0.25, -0.2) is 0 Å². The molecule has 0 saturated heterocycles. The Bertz CT molecular complexity index is 854. The Hall–Kier alpha value is -3.23. The van der Waals surface area contributed by atoms with E-state index in [1.807, 2.05) is 19.1 Å². The van der Waals surface area contributed by atoms with Crippen LogP contribution >= 0.6 is 0 Å². The molecule has 3 aromatic rings. The minimum Gasteiger partial charge on any atom is -0.421 e. The molecule has 0 radical (unpaired) electrons. The smallest absolute Gasteiger partial charge is 0.306 e. The second-order valence-corrected chi connectivity index (χ2v) is 5.04. The third kappa shape index (κ3) is 3.18. The highest BCUT2D eigenvalue weighted by molar-refractivity contribution is 5.62. The van der Waals surface area contributed by atoms with Crippen molar-refractivity contribution in [2.75, 3.05) is 5.73 Å². The monoisotopic (exact) mass is 314 g/mol. The van der Waals surface area contributed by atoms with Gasteiger partial charge in [-0.1, -0.05) is 6.07 Å². The van der Waals surface area contributed by atoms with E-state index < -0.39 is 4.92 Å². The fourth-order valence-electron chi connectivity index (χ4n) is 2.02. The molecule has 0 fully saturated rings. The second-order valence-electron chi connectivity index (χ2n) is 5.04. The maximum Gasteiger partial charge on any atom is 0.306 e. The Morgan fingerprint density at radius 3 is 2.91 bits per heavy atom. The molecule has 0 saturated carbocycles. The highest BCUT2D eigenvalue weighted by Crippen LogP contribution is 2.22. The second kappa shape index (κ2) is 5.87. The maximum atomic E-state index is 10.6. The molecule has 9 nitrogen and oxygen atoms in total. The minimum absolute atomic E-state index is 0.0497. The number of hydrogen-bond donors (Lipinski definition) is 1. The largest absolute Gasteiger partial charge is 0.421 e. The van der Waals surface area contributed by atoms with Crippen LogP contribution in [0.1, 0.15) is 11.5 Å². The zero-order chi connectivity index (χ0) is 16.4. The molecule has 2 heterocycles. The van der Waals surface area contributed by atoms with Gasteiger partial charge in [-0.05, 0) is 24.6 Å². The molecule has 2 aromatic heterocycles. The summed E-state index contributed by atoms with van der Waals surface area (Å²) >= 11 is 0. The molecule has 1 aromatic carbocycles. The number of aryl methyl sites for hydroxylation is 3. The van der Waals surface area contributed by atoms with Gasteiger partial charge in [0.15, 0.2) is 0 Å². The Morgan fingerprint density at radius 2 is 2.22 bits per heavy atom. The van der Waals surface area contributed by atoms with E-state index in [4.69, 9.17) is 10.2 Å². The maximum absolute atomic E-state index is 10.6. The lowest BCUT2D eigenvalue weighted by Gasteiger charge is -2.01. The predicted molar refractivity (Wildman–Crippen MR) is 81.5 cm³/mol. The molecule has 0 aliphatic rings. The van der Waals surface area contributed by atoms with E-state index in [0.29, 0.717) is 30.4 Å². The lowest BCUT2D eigenvalue weighted by molar-refractivity contribution is -0.385. The molecule has 9 heteroatoms. The lowest BCUT2D eigenvalue weighted by Crippen LogP contribution is -2.01. The standard InChI is InChI=1S/C14H14N6O3/c1-9-2-3-10(6-12(9)15)14-18-17-13(23-14)4-5-19-8-11(7-16-19)20(21)22/h2-3,6-8H,4-5,15H2,1H3. The van der Waals surface area contributed by atoms with Crippen LogP contribution in [0.15, 0.2) is 35.0 Å². The van der Waals surface area contributed by atoms with Crippen LogP contribution in [0.4, 0.5) is 11.4 Å². The first kappa shape index (κ1) is 14.7. The van der Waals surface area contributed by atoms with Gasteiger partial charge in [-0.2, -0.15) is 5.10 Å². The van der Waals surface area contributed by atoms with Gasteiger partial charge in [0.05, 0.1) is 4.92 Å². The molecule has 0 unspecified atom stereocenters. The molecule has 2 N–H and O–H groups in total. The highest BCUT2D eigenvalue weighted by Gasteiger charge is 2.12. The number of hydrogen-bond acceptors (Lipinski definition) is 7. The number of anilines is 1. The molecule has 3 rings (SSSR count). The number of nitrogens with two attached hydrogens (primary N) is 1. The van der Waals surface area contributed by atoms with Crippen LogP contribution in [-0.2, 0) is 13.0 Å². The van der Waals surface area contributed by atoms with Crippen molar-refractivity contribution < 1.29 is 9.34 Å². The topological polar surface area (TPSA) is 126 Å². The summed E-state index contributed by atoms with van der Waals surface area (Å²) < 4.78 is 7.05. The van der Waals surface area contributed by atoms with Crippen molar-refractivity contribution in [3.8, 4) is 11.5 Å². The molecule has 23 heavy (non-hydrogen) atoms. The van der Waals surface area contributed by atoms with E-state index in [1.165, 1.54) is 17.1 Å². The quantitative estimate of drug-likeness (QED) is 0.433. The van der Waals surface area contributed by atoms with Crippen molar-refractivity contribution >= 4 is 11.4 Å². The van der Waals surface area contributed by atoms with Crippen LogP contribution in [0.2, 0.25) is 0 Å². The van der Waals surface area contributed by atoms with Gasteiger partial charge in [0.25, 0.3) is 0 Å². The fraction of sp³-hybridized carbons (Fsp3) is 0.214. The summed E-state index contributed by atoms with van der Waals surface area (Å²) in [4.78, 5) is 10.1. The number of benzene rings is 1. The number of nitrogen functional groups attached to an aromatic ring is 1. The zero-order valence-corrected chi connectivity index (χ0v) is 12.3. The summed E-state index contributed by atoms with van der Waals surface area (Å²) in [6.45, 7) is 2.33. The van der Waals surface area contributed by atoms with E-state index in [2.05, 4.69) is 15.3 Å². The third-order valence-corrected chi connectivity index (χ3v) is 3.38. The van der Waals surface area contributed by atoms with Crippen molar-refractivity contribution in [3.63, 3.8) is 0 Å². The molecule has 0 aliphatic carbocycles. The van der Waals surface area contributed by atoms with E-state index >= 15 is 0 Å². The summed E-state index contributed by atoms with van der Waals surface area (Å²) in [7, 11) is 0. The Balaban J connectivity index is 1.69. The fourth-order valence-corrected chi connectivity index (χ4v) is 2.02. The molecular formula is C14H14N6O3. The number of rotatable bonds is 5. The van der Waals surface area contributed by atoms with E-state index in [0.717, 1.165) is 11.1 Å². The minimum atomic E-state index is -0.490. The van der Waals surface area contributed by atoms with Gasteiger partial charge in [-0.15, -0.1) is 10.2 Å². The van der Waals surface area contributed by atoms with Gasteiger partial charge < -0.3 is 10.2 Å². The first-order valence-corrected chi connectivity index (χ1v) is 6.88. The van der Waals surface area contributed by atoms with Crippen molar-refractivity contribution in [1.29, 1.82) is 0 Å². The van der Waals surface area contributed by atoms with Crippen LogP contribution < -0.4 is 5.73 Å². The molecule has 0 aliphatic heterocycles. The first-order valence-electron chi connectivity index (χ1n) is 6.88. The number of nitro groups is 1. The van der Waals surface area contributed by atoms with Crippen LogP contribution in [-0.4, -0.2) is 24.9 Å². The van der Waals surface area contributed by atoms with E-state index in [-0.39, 0.29) is 5.69 Å². The molecule has 0 spiro atoms. The molecule has 0 bridgehead atoms. The summed E-state index contributed by atoms with van der Waals surface area (Å²) in [5.41, 5.74) is 8.21. The number of nitrogens with zero attached hydrogens (tertiary/aromatic N) is 5. The summed E-state index contributed by atoms with van der Waals surface area (Å²) in [6, 6.07) is 5.53. The SMILES string of the molecule is Cc1ccc(-c2nnc(CCn3cc([N+](=O)[O-])cn3)o2)cc1N. The Morgan fingerprint density at radius 1 is 1.39 bits per heavy atom. The van der Waals surface area contributed by atoms with Gasteiger partial charge in [0, 0.05) is 24.2 Å². The Labute approximate surface area is 130 Å². The number of aromatic nitrogens is 4. The van der Waals surface area contributed by atoms with Crippen molar-refractivity contribution in [1.82, 2.24) is 20.0 Å². The van der Waals surface area contributed by atoms with Crippen molar-refractivity contribution in [3.05, 3.63) is 52.2 Å². The molecule has 118 valence electrons. The Kier molecular flexibility index (Phi) is 3.75. The lowest BCUT2D eigenvalue weighted by atomic mass is 10.1. The van der Waals surface area contributed by atoms with Gasteiger partial charge in [-0.3, -0.25) is 14.8 Å². The van der Waals surface area contributed by atoms with Crippen LogP contribution in [0.3, 0.4) is 0 Å². The molecular weight excluding hydrogens is 300 g/mol. The van der Waals surface area contributed by atoms with Crippen molar-refractivity contribution in [2.45, 2.75) is 19.9 Å². The predicted octanol–water partition coefficient (Wildman–Crippen LogP) is 1.97. The summed E-state index contributed by atoms with van der Waals surface area (Å²) in [5, 5.41) is 22.5. The van der Waals surface area contributed by atoms with Gasteiger partial charge in [0.2, 0.25) is 11.8 Å². The third-order valence-electron chi connectivity index (χ3n) is 3.38. The van der Waals surface area contributed by atoms with Crippen LogP contribution in [0, 0.1) is 17.0 Å². The average Bonchev–Trinajstić information content (AvgIpc) is 3.17. The zero-order valence-electron chi connectivity index (χ0n) is 12.3. The highest BCUT2D eigenvalue weighted by atomic mass is 16.6. The van der Waals surface area contributed by atoms with E-state index in [9.17, 15) is 10.1 Å². The molecule has 0 amide bonds. The summed E-state index contributed by atoms with van der Waals surface area (Å²) in [5.74, 6) is 0.815. The van der Waals surface area contributed by atoms with Crippen LogP contribution in [0.5, 0.6) is 0 Å². The van der Waals surface area contributed by atoms with Gasteiger partial charge in [0.1, 0.15) is 12.4 Å². The molecule has 0 atom stereocenters. The average molecular weight is 314 g/mol. The first-order chi connectivity index (χ1) is 11.0.